The molecule has 2 aliphatic carbocycles. The van der Waals surface area contributed by atoms with Gasteiger partial charge in [-0.25, -0.2) is 0 Å². The van der Waals surface area contributed by atoms with E-state index in [1.54, 1.807) is 10.6 Å². The Bertz CT molecular complexity index is 608. The topological polar surface area (TPSA) is 3.24 Å². The molecule has 0 aromatic heterocycles. The summed E-state index contributed by atoms with van der Waals surface area (Å²) < 4.78 is 0. The summed E-state index contributed by atoms with van der Waals surface area (Å²) in [5.74, 6) is 1.70. The van der Waals surface area contributed by atoms with Crippen molar-refractivity contribution >= 4 is 17.4 Å². The predicted molar refractivity (Wildman–Crippen MR) is 106 cm³/mol. The van der Waals surface area contributed by atoms with Crippen LogP contribution in [-0.4, -0.2) is 5.37 Å². The Morgan fingerprint density at radius 3 is 2.25 bits per heavy atom. The first-order valence-corrected chi connectivity index (χ1v) is 10.9. The van der Waals surface area contributed by atoms with Crippen LogP contribution in [0.2, 0.25) is 0 Å². The summed E-state index contributed by atoms with van der Waals surface area (Å²) in [5.41, 5.74) is 4.44. The van der Waals surface area contributed by atoms with Crippen molar-refractivity contribution in [3.05, 3.63) is 40.4 Å². The minimum absolute atomic E-state index is 0.641. The van der Waals surface area contributed by atoms with Crippen molar-refractivity contribution in [3.8, 4) is 0 Å². The molecule has 0 spiro atoms. The third-order valence-corrected chi connectivity index (χ3v) is 8.09. The van der Waals surface area contributed by atoms with Gasteiger partial charge in [0, 0.05) is 16.3 Å². The van der Waals surface area contributed by atoms with Crippen LogP contribution in [0.15, 0.2) is 34.9 Å². The molecule has 1 atom stereocenters. The van der Waals surface area contributed by atoms with Crippen molar-refractivity contribution in [1.29, 1.82) is 0 Å². The van der Waals surface area contributed by atoms with E-state index in [0.29, 0.717) is 5.37 Å². The maximum absolute atomic E-state index is 2.73. The Kier molecular flexibility index (Phi) is 4.94. The quantitative estimate of drug-likeness (QED) is 0.589. The van der Waals surface area contributed by atoms with Gasteiger partial charge in [0.25, 0.3) is 0 Å². The fourth-order valence-corrected chi connectivity index (χ4v) is 6.83. The number of aryl methyl sites for hydroxylation is 1. The molecular weight excluding hydrogens is 310 g/mol. The van der Waals surface area contributed by atoms with Crippen molar-refractivity contribution in [3.63, 3.8) is 0 Å². The highest BCUT2D eigenvalue weighted by Crippen LogP contribution is 2.52. The molecule has 130 valence electrons. The van der Waals surface area contributed by atoms with E-state index >= 15 is 0 Å². The maximum atomic E-state index is 2.73. The Balaban J connectivity index is 1.69. The van der Waals surface area contributed by atoms with E-state index in [1.807, 2.05) is 0 Å². The van der Waals surface area contributed by atoms with Gasteiger partial charge in [0.15, 0.2) is 0 Å². The lowest BCUT2D eigenvalue weighted by Gasteiger charge is -2.36. The molecule has 0 amide bonds. The summed E-state index contributed by atoms with van der Waals surface area (Å²) in [5, 5.41) is 0.641. The van der Waals surface area contributed by atoms with E-state index in [0.717, 1.165) is 11.8 Å². The Morgan fingerprint density at radius 1 is 0.875 bits per heavy atom. The van der Waals surface area contributed by atoms with Crippen LogP contribution in [0.4, 0.5) is 5.69 Å². The molecule has 0 radical (unpaired) electrons. The number of benzene rings is 1. The zero-order valence-electron chi connectivity index (χ0n) is 15.3. The lowest BCUT2D eigenvalue weighted by molar-refractivity contribution is 0.349. The van der Waals surface area contributed by atoms with E-state index in [9.17, 15) is 0 Å². The Morgan fingerprint density at radius 2 is 1.54 bits per heavy atom. The SMILES string of the molecule is CC1=C(C2CCCC2)SC(C2CCCCC2)N1c1ccccc1C. The molecule has 1 nitrogen and oxygen atoms in total. The summed E-state index contributed by atoms with van der Waals surface area (Å²) in [6, 6.07) is 9.01. The fourth-order valence-electron chi connectivity index (χ4n) is 5.04. The van der Waals surface area contributed by atoms with E-state index in [2.05, 4.69) is 54.8 Å². The van der Waals surface area contributed by atoms with Crippen molar-refractivity contribution < 1.29 is 0 Å². The minimum atomic E-state index is 0.641. The summed E-state index contributed by atoms with van der Waals surface area (Å²) in [7, 11) is 0. The van der Waals surface area contributed by atoms with Crippen molar-refractivity contribution in [2.24, 2.45) is 11.8 Å². The average molecular weight is 342 g/mol. The minimum Gasteiger partial charge on any atom is -0.331 e. The number of rotatable bonds is 3. The molecule has 24 heavy (non-hydrogen) atoms. The first-order chi connectivity index (χ1) is 11.8. The van der Waals surface area contributed by atoms with Crippen LogP contribution in [0.5, 0.6) is 0 Å². The summed E-state index contributed by atoms with van der Waals surface area (Å²) in [6.07, 6.45) is 12.8. The second kappa shape index (κ2) is 7.15. The molecule has 0 N–H and O–H groups in total. The molecule has 2 fully saturated rings. The lowest BCUT2D eigenvalue weighted by Crippen LogP contribution is -2.35. The van der Waals surface area contributed by atoms with Gasteiger partial charge in [-0.2, -0.15) is 0 Å². The molecule has 4 rings (SSSR count). The number of hydrogen-bond acceptors (Lipinski definition) is 2. The number of thioether (sulfide) groups is 1. The molecule has 0 saturated heterocycles. The largest absolute Gasteiger partial charge is 0.331 e. The Labute approximate surface area is 151 Å². The van der Waals surface area contributed by atoms with Crippen molar-refractivity contribution in [1.82, 2.24) is 0 Å². The number of para-hydroxylation sites is 1. The summed E-state index contributed by atoms with van der Waals surface area (Å²) in [6.45, 7) is 4.68. The molecule has 2 heteroatoms. The van der Waals surface area contributed by atoms with Crippen LogP contribution in [-0.2, 0) is 0 Å². The number of anilines is 1. The van der Waals surface area contributed by atoms with Gasteiger partial charge >= 0.3 is 0 Å². The second-order valence-corrected chi connectivity index (χ2v) is 9.15. The fraction of sp³-hybridized carbons (Fsp3) is 0.636. The summed E-state index contributed by atoms with van der Waals surface area (Å²) in [4.78, 5) is 4.45. The van der Waals surface area contributed by atoms with E-state index in [4.69, 9.17) is 0 Å². The molecule has 1 aliphatic heterocycles. The first-order valence-electron chi connectivity index (χ1n) is 9.98. The number of hydrogen-bond donors (Lipinski definition) is 0. The molecule has 1 unspecified atom stereocenters. The zero-order chi connectivity index (χ0) is 16.5. The lowest BCUT2D eigenvalue weighted by atomic mass is 9.88. The Hall–Kier alpha value is -0.890. The highest BCUT2D eigenvalue weighted by Gasteiger charge is 2.40. The van der Waals surface area contributed by atoms with Crippen LogP contribution in [0.1, 0.15) is 70.3 Å². The van der Waals surface area contributed by atoms with Gasteiger partial charge in [-0.15, -0.1) is 11.8 Å². The molecule has 0 bridgehead atoms. The highest BCUT2D eigenvalue weighted by atomic mass is 32.2. The van der Waals surface area contributed by atoms with E-state index in [1.165, 1.54) is 69.0 Å². The van der Waals surface area contributed by atoms with Gasteiger partial charge in [0.1, 0.15) is 0 Å². The van der Waals surface area contributed by atoms with Crippen LogP contribution >= 0.6 is 11.8 Å². The van der Waals surface area contributed by atoms with Gasteiger partial charge < -0.3 is 4.90 Å². The van der Waals surface area contributed by atoms with Gasteiger partial charge in [-0.05, 0) is 63.0 Å². The molecule has 2 saturated carbocycles. The number of nitrogens with zero attached hydrogens (tertiary/aromatic N) is 1. The second-order valence-electron chi connectivity index (χ2n) is 7.99. The average Bonchev–Trinajstić information content (AvgIpc) is 3.24. The molecule has 1 heterocycles. The molecule has 3 aliphatic rings. The third kappa shape index (κ3) is 3.03. The summed E-state index contributed by atoms with van der Waals surface area (Å²) >= 11 is 2.24. The third-order valence-electron chi connectivity index (χ3n) is 6.37. The van der Waals surface area contributed by atoms with Gasteiger partial charge in [0.05, 0.1) is 5.37 Å². The van der Waals surface area contributed by atoms with E-state index < -0.39 is 0 Å². The molecular formula is C22H31NS. The van der Waals surface area contributed by atoms with Crippen LogP contribution < -0.4 is 4.90 Å². The monoisotopic (exact) mass is 341 g/mol. The standard InChI is InChI=1S/C22H31NS/c1-16-10-6-9-15-20(16)23-17(2)21(18-11-7-8-12-18)24-22(23)19-13-4-3-5-14-19/h6,9-10,15,18-19,22H,3-5,7-8,11-14H2,1-2H3. The normalized spacial score (nSPS) is 26.6. The van der Waals surface area contributed by atoms with Gasteiger partial charge in [-0.3, -0.25) is 0 Å². The van der Waals surface area contributed by atoms with Crippen LogP contribution in [0.3, 0.4) is 0 Å². The number of allylic oxidation sites excluding steroid dienone is 2. The first kappa shape index (κ1) is 16.6. The van der Waals surface area contributed by atoms with Crippen LogP contribution in [0, 0.1) is 18.8 Å². The maximum Gasteiger partial charge on any atom is 0.0868 e. The van der Waals surface area contributed by atoms with Gasteiger partial charge in [-0.1, -0.05) is 50.3 Å². The van der Waals surface area contributed by atoms with E-state index in [-0.39, 0.29) is 0 Å². The highest BCUT2D eigenvalue weighted by molar-refractivity contribution is 8.04. The molecule has 1 aromatic carbocycles. The van der Waals surface area contributed by atoms with Crippen molar-refractivity contribution in [2.75, 3.05) is 4.90 Å². The predicted octanol–water partition coefficient (Wildman–Crippen LogP) is 6.88. The van der Waals surface area contributed by atoms with Crippen molar-refractivity contribution in [2.45, 2.75) is 77.0 Å². The van der Waals surface area contributed by atoms with Gasteiger partial charge in [0.2, 0.25) is 0 Å². The smallest absolute Gasteiger partial charge is 0.0868 e. The van der Waals surface area contributed by atoms with Crippen LogP contribution in [0.25, 0.3) is 0 Å². The molecule has 1 aromatic rings. The zero-order valence-corrected chi connectivity index (χ0v) is 16.1.